The van der Waals surface area contributed by atoms with Gasteiger partial charge in [-0.2, -0.15) is 0 Å². The molecule has 16 heavy (non-hydrogen) atoms. The zero-order chi connectivity index (χ0) is 11.5. The molecular weight excluding hydrogens is 243 g/mol. The predicted octanol–water partition coefficient (Wildman–Crippen LogP) is 4.09. The van der Waals surface area contributed by atoms with Crippen molar-refractivity contribution in [2.24, 2.45) is 5.92 Å². The molecule has 1 aliphatic rings. The Hall–Kier alpha value is -0.240. The van der Waals surface area contributed by atoms with E-state index in [1.54, 1.807) is 6.07 Å². The van der Waals surface area contributed by atoms with E-state index in [0.29, 0.717) is 16.0 Å². The lowest BCUT2D eigenvalue weighted by molar-refractivity contribution is 0.0700. The monoisotopic (exact) mass is 258 g/mol. The summed E-state index contributed by atoms with van der Waals surface area (Å²) in [5.74, 6) is 0.354. The molecule has 1 N–H and O–H groups in total. The Kier molecular flexibility index (Phi) is 4.12. The molecule has 1 nitrogen and oxygen atoms in total. The predicted molar refractivity (Wildman–Crippen MR) is 68.1 cm³/mol. The molecule has 1 aromatic carbocycles. The summed E-state index contributed by atoms with van der Waals surface area (Å²) in [5, 5.41) is 11.3. The van der Waals surface area contributed by atoms with Crippen molar-refractivity contribution in [3.8, 4) is 0 Å². The van der Waals surface area contributed by atoms with Crippen molar-refractivity contribution in [1.29, 1.82) is 0 Å². The van der Waals surface area contributed by atoms with E-state index >= 15 is 0 Å². The first-order valence-corrected chi connectivity index (χ1v) is 6.54. The van der Waals surface area contributed by atoms with Crippen molar-refractivity contribution in [1.82, 2.24) is 0 Å². The highest BCUT2D eigenvalue weighted by Gasteiger charge is 2.23. The van der Waals surface area contributed by atoms with Gasteiger partial charge in [-0.1, -0.05) is 42.1 Å². The molecule has 0 saturated heterocycles. The molecule has 0 aromatic heterocycles. The molecule has 2 atom stereocenters. The largest absolute Gasteiger partial charge is 0.393 e. The molecular formula is C13H16Cl2O. The molecule has 1 saturated carbocycles. The van der Waals surface area contributed by atoms with Crippen molar-refractivity contribution < 1.29 is 5.11 Å². The van der Waals surface area contributed by atoms with Crippen LogP contribution in [0.4, 0.5) is 0 Å². The van der Waals surface area contributed by atoms with Gasteiger partial charge in [0.05, 0.1) is 6.10 Å². The van der Waals surface area contributed by atoms with E-state index in [4.69, 9.17) is 23.2 Å². The molecule has 0 heterocycles. The fourth-order valence-electron chi connectivity index (χ4n) is 2.40. The SMILES string of the molecule is OC1CCCCC1Cc1ccc(Cl)cc1Cl. The van der Waals surface area contributed by atoms with Crippen LogP contribution in [0.1, 0.15) is 31.2 Å². The second kappa shape index (κ2) is 5.39. The fraction of sp³-hybridized carbons (Fsp3) is 0.538. The number of hydrogen-bond donors (Lipinski definition) is 1. The maximum absolute atomic E-state index is 9.91. The van der Waals surface area contributed by atoms with Crippen LogP contribution in [0.3, 0.4) is 0 Å². The van der Waals surface area contributed by atoms with Gasteiger partial charge in [0.2, 0.25) is 0 Å². The number of hydrogen-bond acceptors (Lipinski definition) is 1. The Bertz CT molecular complexity index is 365. The first-order valence-electron chi connectivity index (χ1n) is 5.79. The lowest BCUT2D eigenvalue weighted by Crippen LogP contribution is -2.26. The second-order valence-electron chi connectivity index (χ2n) is 4.55. The average molecular weight is 259 g/mol. The van der Waals surface area contributed by atoms with E-state index in [1.165, 1.54) is 6.42 Å². The number of aliphatic hydroxyl groups excluding tert-OH is 1. The topological polar surface area (TPSA) is 20.2 Å². The summed E-state index contributed by atoms with van der Waals surface area (Å²) in [6.45, 7) is 0. The zero-order valence-corrected chi connectivity index (χ0v) is 10.6. The number of halogens is 2. The molecule has 2 rings (SSSR count). The molecule has 88 valence electrons. The Morgan fingerprint density at radius 2 is 1.94 bits per heavy atom. The molecule has 0 spiro atoms. The molecule has 3 heteroatoms. The van der Waals surface area contributed by atoms with Gasteiger partial charge in [-0.25, -0.2) is 0 Å². The summed E-state index contributed by atoms with van der Waals surface area (Å²) in [4.78, 5) is 0. The van der Waals surface area contributed by atoms with Gasteiger partial charge in [-0.3, -0.25) is 0 Å². The van der Waals surface area contributed by atoms with Crippen LogP contribution in [-0.4, -0.2) is 11.2 Å². The van der Waals surface area contributed by atoms with Crippen LogP contribution in [-0.2, 0) is 6.42 Å². The third-order valence-corrected chi connectivity index (χ3v) is 3.95. The summed E-state index contributed by atoms with van der Waals surface area (Å²) in [6, 6.07) is 5.59. The summed E-state index contributed by atoms with van der Waals surface area (Å²) < 4.78 is 0. The van der Waals surface area contributed by atoms with Gasteiger partial charge < -0.3 is 5.11 Å². The minimum absolute atomic E-state index is 0.166. The van der Waals surface area contributed by atoms with Crippen LogP contribution >= 0.6 is 23.2 Å². The minimum atomic E-state index is -0.166. The highest BCUT2D eigenvalue weighted by atomic mass is 35.5. The van der Waals surface area contributed by atoms with E-state index in [-0.39, 0.29) is 6.10 Å². The molecule has 0 bridgehead atoms. The summed E-state index contributed by atoms with van der Waals surface area (Å²) in [7, 11) is 0. The Labute approximate surface area is 106 Å². The maximum Gasteiger partial charge on any atom is 0.0571 e. The fourth-order valence-corrected chi connectivity index (χ4v) is 2.88. The lowest BCUT2D eigenvalue weighted by Gasteiger charge is -2.27. The zero-order valence-electron chi connectivity index (χ0n) is 9.13. The first-order chi connectivity index (χ1) is 7.66. The molecule has 0 aliphatic heterocycles. The van der Waals surface area contributed by atoms with E-state index in [2.05, 4.69) is 0 Å². The van der Waals surface area contributed by atoms with Crippen molar-refractivity contribution in [2.45, 2.75) is 38.2 Å². The third kappa shape index (κ3) is 2.91. The van der Waals surface area contributed by atoms with Crippen LogP contribution in [0.5, 0.6) is 0 Å². The normalized spacial score (nSPS) is 25.7. The molecule has 1 aliphatic carbocycles. The summed E-state index contributed by atoms with van der Waals surface area (Å²) in [5.41, 5.74) is 1.09. The van der Waals surface area contributed by atoms with Gasteiger partial charge >= 0.3 is 0 Å². The lowest BCUT2D eigenvalue weighted by atomic mass is 9.82. The van der Waals surface area contributed by atoms with Crippen molar-refractivity contribution in [3.05, 3.63) is 33.8 Å². The van der Waals surface area contributed by atoms with Crippen LogP contribution in [0.15, 0.2) is 18.2 Å². The van der Waals surface area contributed by atoms with Crippen LogP contribution < -0.4 is 0 Å². The summed E-state index contributed by atoms with van der Waals surface area (Å²) in [6.07, 6.45) is 5.08. The highest BCUT2D eigenvalue weighted by molar-refractivity contribution is 6.35. The van der Waals surface area contributed by atoms with E-state index in [0.717, 1.165) is 31.2 Å². The molecule has 1 fully saturated rings. The molecule has 0 radical (unpaired) electrons. The van der Waals surface area contributed by atoms with Gasteiger partial charge in [0.15, 0.2) is 0 Å². The van der Waals surface area contributed by atoms with Crippen molar-refractivity contribution in [2.75, 3.05) is 0 Å². The van der Waals surface area contributed by atoms with Crippen LogP contribution in [0.25, 0.3) is 0 Å². The van der Waals surface area contributed by atoms with E-state index < -0.39 is 0 Å². The number of aliphatic hydroxyl groups is 1. The van der Waals surface area contributed by atoms with Crippen LogP contribution in [0.2, 0.25) is 10.0 Å². The third-order valence-electron chi connectivity index (χ3n) is 3.37. The van der Waals surface area contributed by atoms with Crippen LogP contribution in [0, 0.1) is 5.92 Å². The second-order valence-corrected chi connectivity index (χ2v) is 5.40. The van der Waals surface area contributed by atoms with Gasteiger partial charge in [0.1, 0.15) is 0 Å². The molecule has 0 amide bonds. The average Bonchev–Trinajstić information content (AvgIpc) is 2.25. The van der Waals surface area contributed by atoms with Gasteiger partial charge in [0.25, 0.3) is 0 Å². The number of rotatable bonds is 2. The standard InChI is InChI=1S/C13H16Cl2O/c14-11-6-5-9(12(15)8-11)7-10-3-1-2-4-13(10)16/h5-6,8,10,13,16H,1-4,7H2. The van der Waals surface area contributed by atoms with Gasteiger partial charge in [-0.15, -0.1) is 0 Å². The van der Waals surface area contributed by atoms with E-state index in [9.17, 15) is 5.11 Å². The summed E-state index contributed by atoms with van der Waals surface area (Å²) >= 11 is 12.0. The van der Waals surface area contributed by atoms with Crippen molar-refractivity contribution in [3.63, 3.8) is 0 Å². The smallest absolute Gasteiger partial charge is 0.0571 e. The van der Waals surface area contributed by atoms with Crippen molar-refractivity contribution >= 4 is 23.2 Å². The van der Waals surface area contributed by atoms with Gasteiger partial charge in [-0.05, 0) is 42.9 Å². The minimum Gasteiger partial charge on any atom is -0.393 e. The molecule has 2 unspecified atom stereocenters. The Morgan fingerprint density at radius 3 is 2.62 bits per heavy atom. The molecule has 1 aromatic rings. The van der Waals surface area contributed by atoms with Gasteiger partial charge in [0, 0.05) is 10.0 Å². The quantitative estimate of drug-likeness (QED) is 0.848. The first kappa shape index (κ1) is 12.2. The Balaban J connectivity index is 2.07. The highest BCUT2D eigenvalue weighted by Crippen LogP contribution is 2.30. The Morgan fingerprint density at radius 1 is 1.19 bits per heavy atom. The van der Waals surface area contributed by atoms with E-state index in [1.807, 2.05) is 12.1 Å². The maximum atomic E-state index is 9.91. The number of benzene rings is 1.